The summed E-state index contributed by atoms with van der Waals surface area (Å²) < 4.78 is 16.0. The van der Waals surface area contributed by atoms with Crippen molar-refractivity contribution in [2.24, 2.45) is 0 Å². The molecule has 0 bridgehead atoms. The molecule has 1 heterocycles. The van der Waals surface area contributed by atoms with Gasteiger partial charge in [-0.25, -0.2) is 4.21 Å². The van der Waals surface area contributed by atoms with Crippen molar-refractivity contribution in [3.05, 3.63) is 100 Å². The Balaban J connectivity index is 1.59. The third kappa shape index (κ3) is 4.77. The second-order valence-electron chi connectivity index (χ2n) is 9.70. The number of anilines is 2. The first kappa shape index (κ1) is 24.8. The summed E-state index contributed by atoms with van der Waals surface area (Å²) in [6, 6.07) is 22.0. The molecule has 0 amide bonds. The standard InChI is InChI=1S/C31H30N2O3S/c1-18-5-9-22(10-6-18)29-21(4)30-26-14-11-24(33-37(36)25-12-7-19(2)8-13-25)15-23(26)17-32-31(30)20(3)27(29)16-28(34)35/h5-15,32-33H,16-17H2,1-4H3,(H,34,35). The van der Waals surface area contributed by atoms with Crippen LogP contribution in [0, 0.1) is 27.7 Å². The van der Waals surface area contributed by atoms with Gasteiger partial charge < -0.3 is 15.1 Å². The smallest absolute Gasteiger partial charge is 0.307 e. The highest BCUT2D eigenvalue weighted by molar-refractivity contribution is 7.86. The van der Waals surface area contributed by atoms with E-state index in [1.54, 1.807) is 0 Å². The van der Waals surface area contributed by atoms with Crippen LogP contribution in [-0.2, 0) is 28.7 Å². The lowest BCUT2D eigenvalue weighted by Gasteiger charge is -2.29. The fourth-order valence-corrected chi connectivity index (χ4v) is 6.01. The molecule has 1 aliphatic heterocycles. The second-order valence-corrected chi connectivity index (χ2v) is 10.9. The number of aliphatic carboxylic acids is 1. The van der Waals surface area contributed by atoms with Gasteiger partial charge in [0.25, 0.3) is 0 Å². The molecule has 1 atom stereocenters. The Labute approximate surface area is 220 Å². The van der Waals surface area contributed by atoms with Gasteiger partial charge in [0.2, 0.25) is 0 Å². The maximum atomic E-state index is 12.9. The normalized spacial score (nSPS) is 12.8. The molecule has 37 heavy (non-hydrogen) atoms. The molecular weight excluding hydrogens is 480 g/mol. The number of carbonyl (C=O) groups is 1. The third-order valence-corrected chi connectivity index (χ3v) is 8.19. The van der Waals surface area contributed by atoms with Crippen molar-refractivity contribution in [3.8, 4) is 22.3 Å². The van der Waals surface area contributed by atoms with Gasteiger partial charge in [0, 0.05) is 23.5 Å². The van der Waals surface area contributed by atoms with Crippen LogP contribution in [0.15, 0.2) is 71.6 Å². The molecule has 0 aromatic heterocycles. The van der Waals surface area contributed by atoms with Crippen molar-refractivity contribution >= 4 is 28.3 Å². The third-order valence-electron chi connectivity index (χ3n) is 7.07. The number of aryl methyl sites for hydroxylation is 2. The number of nitrogens with one attached hydrogen (secondary N) is 2. The molecule has 1 aliphatic rings. The summed E-state index contributed by atoms with van der Waals surface area (Å²) in [6.45, 7) is 8.74. The van der Waals surface area contributed by atoms with Crippen LogP contribution in [0.3, 0.4) is 0 Å². The highest BCUT2D eigenvalue weighted by atomic mass is 32.2. The zero-order valence-corrected chi connectivity index (χ0v) is 22.3. The van der Waals surface area contributed by atoms with Gasteiger partial charge in [0.15, 0.2) is 0 Å². The lowest BCUT2D eigenvalue weighted by molar-refractivity contribution is -0.136. The molecule has 5 rings (SSSR count). The van der Waals surface area contributed by atoms with E-state index < -0.39 is 17.0 Å². The van der Waals surface area contributed by atoms with Crippen LogP contribution >= 0.6 is 0 Å². The summed E-state index contributed by atoms with van der Waals surface area (Å²) in [7, 11) is -1.36. The zero-order valence-electron chi connectivity index (χ0n) is 21.4. The van der Waals surface area contributed by atoms with Crippen molar-refractivity contribution in [3.63, 3.8) is 0 Å². The maximum absolute atomic E-state index is 12.9. The quantitative estimate of drug-likeness (QED) is 0.262. The predicted molar refractivity (Wildman–Crippen MR) is 151 cm³/mol. The summed E-state index contributed by atoms with van der Waals surface area (Å²) >= 11 is 0. The number of fused-ring (bicyclic) bond motifs is 3. The first-order valence-electron chi connectivity index (χ1n) is 12.3. The highest BCUT2D eigenvalue weighted by Crippen LogP contribution is 2.47. The molecule has 0 saturated carbocycles. The van der Waals surface area contributed by atoms with Crippen LogP contribution in [0.25, 0.3) is 22.3 Å². The van der Waals surface area contributed by atoms with E-state index in [-0.39, 0.29) is 6.42 Å². The summed E-state index contributed by atoms with van der Waals surface area (Å²) in [4.78, 5) is 12.6. The van der Waals surface area contributed by atoms with Crippen LogP contribution in [0.5, 0.6) is 0 Å². The summed E-state index contributed by atoms with van der Waals surface area (Å²) in [5, 5.41) is 13.3. The minimum absolute atomic E-state index is 0.0363. The van der Waals surface area contributed by atoms with E-state index in [4.69, 9.17) is 0 Å². The number of hydrogen-bond acceptors (Lipinski definition) is 3. The Morgan fingerprint density at radius 1 is 0.892 bits per heavy atom. The van der Waals surface area contributed by atoms with Crippen molar-refractivity contribution in [1.29, 1.82) is 0 Å². The van der Waals surface area contributed by atoms with E-state index in [2.05, 4.69) is 47.3 Å². The number of rotatable bonds is 6. The summed E-state index contributed by atoms with van der Waals surface area (Å²) in [5.41, 5.74) is 12.2. The lowest BCUT2D eigenvalue weighted by atomic mass is 9.81. The Bertz CT molecular complexity index is 1540. The molecule has 1 unspecified atom stereocenters. The number of carboxylic acid groups (broad SMARTS) is 1. The van der Waals surface area contributed by atoms with Crippen LogP contribution in [0.4, 0.5) is 11.4 Å². The maximum Gasteiger partial charge on any atom is 0.307 e. The summed E-state index contributed by atoms with van der Waals surface area (Å²) in [6.07, 6.45) is -0.0363. The van der Waals surface area contributed by atoms with Crippen molar-refractivity contribution in [2.45, 2.75) is 45.6 Å². The van der Waals surface area contributed by atoms with Gasteiger partial charge in [-0.3, -0.25) is 4.79 Å². The van der Waals surface area contributed by atoms with Crippen molar-refractivity contribution in [1.82, 2.24) is 0 Å². The van der Waals surface area contributed by atoms with Gasteiger partial charge in [-0.2, -0.15) is 0 Å². The molecule has 0 aliphatic carbocycles. The first-order chi connectivity index (χ1) is 17.7. The molecule has 4 aromatic carbocycles. The van der Waals surface area contributed by atoms with E-state index in [1.807, 2.05) is 57.2 Å². The van der Waals surface area contributed by atoms with E-state index in [0.29, 0.717) is 6.54 Å². The van der Waals surface area contributed by atoms with Crippen molar-refractivity contribution < 1.29 is 14.1 Å². The Morgan fingerprint density at radius 2 is 1.54 bits per heavy atom. The van der Waals surface area contributed by atoms with Gasteiger partial charge in [-0.15, -0.1) is 0 Å². The molecular formula is C31H30N2O3S. The fraction of sp³-hybridized carbons (Fsp3) is 0.194. The van der Waals surface area contributed by atoms with E-state index in [0.717, 1.165) is 71.9 Å². The predicted octanol–water partition coefficient (Wildman–Crippen LogP) is 6.94. The Kier molecular flexibility index (Phi) is 6.61. The van der Waals surface area contributed by atoms with Gasteiger partial charge in [0.05, 0.1) is 11.3 Å². The second kappa shape index (κ2) is 9.87. The molecule has 4 aromatic rings. The van der Waals surface area contributed by atoms with Crippen LogP contribution < -0.4 is 10.0 Å². The molecule has 0 fully saturated rings. The minimum Gasteiger partial charge on any atom is -0.481 e. The van der Waals surface area contributed by atoms with Crippen LogP contribution in [0.1, 0.15) is 33.4 Å². The molecule has 5 nitrogen and oxygen atoms in total. The Hall–Kier alpha value is -3.90. The minimum atomic E-state index is -1.36. The van der Waals surface area contributed by atoms with Crippen LogP contribution in [0.2, 0.25) is 0 Å². The van der Waals surface area contributed by atoms with Crippen LogP contribution in [-0.4, -0.2) is 15.3 Å². The van der Waals surface area contributed by atoms with Gasteiger partial charge in [-0.05, 0) is 90.9 Å². The molecule has 0 radical (unpaired) electrons. The van der Waals surface area contributed by atoms with E-state index in [9.17, 15) is 14.1 Å². The number of benzene rings is 4. The summed E-state index contributed by atoms with van der Waals surface area (Å²) in [5.74, 6) is -0.843. The highest BCUT2D eigenvalue weighted by Gasteiger charge is 2.26. The molecule has 0 spiro atoms. The number of carboxylic acids is 1. The molecule has 188 valence electrons. The molecule has 0 saturated heterocycles. The molecule has 6 heteroatoms. The van der Waals surface area contributed by atoms with Gasteiger partial charge in [0.1, 0.15) is 11.0 Å². The zero-order chi connectivity index (χ0) is 26.3. The lowest BCUT2D eigenvalue weighted by Crippen LogP contribution is -2.15. The van der Waals surface area contributed by atoms with E-state index in [1.165, 1.54) is 0 Å². The fourth-order valence-electron chi connectivity index (χ4n) is 5.16. The van der Waals surface area contributed by atoms with Gasteiger partial charge in [-0.1, -0.05) is 53.6 Å². The van der Waals surface area contributed by atoms with Crippen molar-refractivity contribution in [2.75, 3.05) is 10.0 Å². The largest absolute Gasteiger partial charge is 0.481 e. The first-order valence-corrected chi connectivity index (χ1v) is 13.4. The average molecular weight is 511 g/mol. The Morgan fingerprint density at radius 3 is 2.19 bits per heavy atom. The molecule has 3 N–H and O–H groups in total. The van der Waals surface area contributed by atoms with Gasteiger partial charge >= 0.3 is 5.97 Å². The topological polar surface area (TPSA) is 78.4 Å². The SMILES string of the molecule is Cc1ccc(-c2c(C)c3c(c(C)c2CC(=O)O)NCc2cc(NS(=O)c4ccc(C)cc4)ccc2-3)cc1. The number of hydrogen-bond donors (Lipinski definition) is 3. The van der Waals surface area contributed by atoms with E-state index >= 15 is 0 Å². The monoisotopic (exact) mass is 510 g/mol. The average Bonchev–Trinajstić information content (AvgIpc) is 2.87.